The zero-order valence-electron chi connectivity index (χ0n) is 20.1. The summed E-state index contributed by atoms with van der Waals surface area (Å²) in [5.74, 6) is -0.638. The van der Waals surface area contributed by atoms with Gasteiger partial charge in [0, 0.05) is 25.6 Å². The van der Waals surface area contributed by atoms with E-state index in [1.54, 1.807) is 43.1 Å². The molecule has 1 aliphatic rings. The molecule has 178 valence electrons. The monoisotopic (exact) mass is 467 g/mol. The van der Waals surface area contributed by atoms with Crippen molar-refractivity contribution in [3.05, 3.63) is 94.5 Å². The number of carbonyl (C=O) groups excluding carboxylic acids is 2. The van der Waals surface area contributed by atoms with Gasteiger partial charge in [0.05, 0.1) is 11.6 Å². The highest BCUT2D eigenvalue weighted by Crippen LogP contribution is 2.27. The van der Waals surface area contributed by atoms with Crippen LogP contribution in [0, 0.1) is 11.3 Å². The summed E-state index contributed by atoms with van der Waals surface area (Å²) in [6.07, 6.45) is 1.97. The molecule has 3 aromatic rings. The Hall–Kier alpha value is -3.95. The lowest BCUT2D eigenvalue weighted by Gasteiger charge is -2.24. The van der Waals surface area contributed by atoms with Gasteiger partial charge >= 0.3 is 5.97 Å². The number of hydrogen-bond donors (Lipinski definition) is 1. The van der Waals surface area contributed by atoms with E-state index in [1.165, 1.54) is 0 Å². The number of carbonyl (C=O) groups is 2. The average molecular weight is 468 g/mol. The standard InChI is InChI=1S/C29H29N3O3/c1-29(31)17-21-8-5-7-20(13-21)9-6-12-32(2)27(33)25-15-22(19-35-28(29)34)14-24(16-25)26-11-4-3-10-23(26)18-30/h3-5,7-8,10-11,13-16H,6,9,12,17,19,31H2,1-2H3. The highest BCUT2D eigenvalue weighted by Gasteiger charge is 2.31. The van der Waals surface area contributed by atoms with Crippen molar-refractivity contribution in [3.63, 3.8) is 0 Å². The van der Waals surface area contributed by atoms with Crippen molar-refractivity contribution < 1.29 is 14.3 Å². The molecular weight excluding hydrogens is 438 g/mol. The molecule has 1 unspecified atom stereocenters. The molecule has 0 fully saturated rings. The molecule has 6 nitrogen and oxygen atoms in total. The predicted molar refractivity (Wildman–Crippen MR) is 134 cm³/mol. The van der Waals surface area contributed by atoms with Crippen LogP contribution in [0.1, 0.15) is 46.0 Å². The SMILES string of the molecule is CN1CCCc2cccc(c2)CC(C)(N)C(=O)OCc2cc(cc(-c3ccccc3C#N)c2)C1=O. The number of aryl methyl sites for hydroxylation is 1. The quantitative estimate of drug-likeness (QED) is 0.540. The minimum Gasteiger partial charge on any atom is -0.459 e. The molecule has 6 heteroatoms. The van der Waals surface area contributed by atoms with Crippen LogP contribution in [0.4, 0.5) is 0 Å². The van der Waals surface area contributed by atoms with Crippen LogP contribution in [0.2, 0.25) is 0 Å². The third kappa shape index (κ3) is 5.59. The first-order valence-electron chi connectivity index (χ1n) is 11.7. The highest BCUT2D eigenvalue weighted by molar-refractivity contribution is 5.96. The Labute approximate surface area is 205 Å². The van der Waals surface area contributed by atoms with Crippen molar-refractivity contribution in [3.8, 4) is 17.2 Å². The zero-order valence-corrected chi connectivity index (χ0v) is 20.1. The topological polar surface area (TPSA) is 96.4 Å². The lowest BCUT2D eigenvalue weighted by Crippen LogP contribution is -2.48. The van der Waals surface area contributed by atoms with E-state index in [0.717, 1.165) is 35.1 Å². The van der Waals surface area contributed by atoms with Gasteiger partial charge in [-0.25, -0.2) is 0 Å². The maximum Gasteiger partial charge on any atom is 0.326 e. The number of cyclic esters (lactones) is 1. The van der Waals surface area contributed by atoms with Crippen LogP contribution in [0.5, 0.6) is 0 Å². The Bertz CT molecular complexity index is 1310. The van der Waals surface area contributed by atoms with Gasteiger partial charge < -0.3 is 15.4 Å². The molecule has 1 amide bonds. The molecule has 0 radical (unpaired) electrons. The number of nitrogens with zero attached hydrogens (tertiary/aromatic N) is 2. The first kappa shape index (κ1) is 24.2. The predicted octanol–water partition coefficient (Wildman–Crippen LogP) is 4.25. The normalized spacial score (nSPS) is 19.1. The molecule has 1 heterocycles. The van der Waals surface area contributed by atoms with Gasteiger partial charge in [-0.2, -0.15) is 5.26 Å². The number of nitriles is 1. The Morgan fingerprint density at radius 1 is 0.971 bits per heavy atom. The summed E-state index contributed by atoms with van der Waals surface area (Å²) in [6.45, 7) is 2.24. The van der Waals surface area contributed by atoms with E-state index in [-0.39, 0.29) is 12.5 Å². The molecule has 3 aromatic carbocycles. The van der Waals surface area contributed by atoms with Crippen LogP contribution in [0.3, 0.4) is 0 Å². The Morgan fingerprint density at radius 2 is 1.71 bits per heavy atom. The number of benzene rings is 3. The highest BCUT2D eigenvalue weighted by atomic mass is 16.5. The Kier molecular flexibility index (Phi) is 6.99. The first-order valence-corrected chi connectivity index (χ1v) is 11.7. The molecule has 0 spiro atoms. The number of amides is 1. The smallest absolute Gasteiger partial charge is 0.326 e. The summed E-state index contributed by atoms with van der Waals surface area (Å²) in [7, 11) is 1.79. The molecule has 0 saturated heterocycles. The van der Waals surface area contributed by atoms with Gasteiger partial charge in [0.2, 0.25) is 0 Å². The van der Waals surface area contributed by atoms with Crippen LogP contribution in [-0.4, -0.2) is 35.9 Å². The Balaban J connectivity index is 1.74. The van der Waals surface area contributed by atoms with E-state index in [1.807, 2.05) is 36.4 Å². The van der Waals surface area contributed by atoms with Crippen LogP contribution in [0.25, 0.3) is 11.1 Å². The number of ether oxygens (including phenoxy) is 1. The minimum atomic E-state index is -1.19. The second kappa shape index (κ2) is 10.1. The maximum atomic E-state index is 13.3. The maximum absolute atomic E-state index is 13.3. The Morgan fingerprint density at radius 3 is 2.51 bits per heavy atom. The molecule has 4 bridgehead atoms. The molecule has 0 saturated carbocycles. The van der Waals surface area contributed by atoms with Gasteiger partial charge in [0.15, 0.2) is 0 Å². The van der Waals surface area contributed by atoms with Crippen molar-refractivity contribution in [2.45, 2.75) is 38.3 Å². The fourth-order valence-corrected chi connectivity index (χ4v) is 4.43. The van der Waals surface area contributed by atoms with Crippen molar-refractivity contribution in [1.82, 2.24) is 4.90 Å². The minimum absolute atomic E-state index is 0.0295. The van der Waals surface area contributed by atoms with E-state index < -0.39 is 11.5 Å². The van der Waals surface area contributed by atoms with Gasteiger partial charge in [-0.15, -0.1) is 0 Å². The number of fused-ring (bicyclic) bond motifs is 4. The average Bonchev–Trinajstić information content (AvgIpc) is 2.86. The molecule has 0 aromatic heterocycles. The van der Waals surface area contributed by atoms with E-state index in [0.29, 0.717) is 29.7 Å². The van der Waals surface area contributed by atoms with Crippen molar-refractivity contribution in [2.24, 2.45) is 5.73 Å². The summed E-state index contributed by atoms with van der Waals surface area (Å²) in [5.41, 5.74) is 10.4. The summed E-state index contributed by atoms with van der Waals surface area (Å²) in [4.78, 5) is 27.9. The number of rotatable bonds is 1. The lowest BCUT2D eigenvalue weighted by atomic mass is 9.92. The fourth-order valence-electron chi connectivity index (χ4n) is 4.43. The second-order valence-corrected chi connectivity index (χ2v) is 9.40. The molecule has 1 atom stereocenters. The summed E-state index contributed by atoms with van der Waals surface area (Å²) < 4.78 is 5.62. The van der Waals surface area contributed by atoms with E-state index in [9.17, 15) is 14.9 Å². The summed E-state index contributed by atoms with van der Waals surface area (Å²) >= 11 is 0. The third-order valence-electron chi connectivity index (χ3n) is 6.30. The van der Waals surface area contributed by atoms with E-state index in [2.05, 4.69) is 12.1 Å². The van der Waals surface area contributed by atoms with E-state index in [4.69, 9.17) is 10.5 Å². The van der Waals surface area contributed by atoms with Crippen LogP contribution >= 0.6 is 0 Å². The molecule has 35 heavy (non-hydrogen) atoms. The van der Waals surface area contributed by atoms with Gasteiger partial charge in [0.25, 0.3) is 5.91 Å². The number of hydrogen-bond acceptors (Lipinski definition) is 5. The van der Waals surface area contributed by atoms with Crippen molar-refractivity contribution >= 4 is 11.9 Å². The second-order valence-electron chi connectivity index (χ2n) is 9.40. The zero-order chi connectivity index (χ0) is 25.0. The molecule has 2 N–H and O–H groups in total. The van der Waals surface area contributed by atoms with Crippen LogP contribution in [0.15, 0.2) is 66.7 Å². The fraction of sp³-hybridized carbons (Fsp3) is 0.276. The van der Waals surface area contributed by atoms with Crippen LogP contribution < -0.4 is 5.73 Å². The van der Waals surface area contributed by atoms with E-state index >= 15 is 0 Å². The van der Waals surface area contributed by atoms with Crippen LogP contribution in [-0.2, 0) is 29.0 Å². The summed E-state index contributed by atoms with van der Waals surface area (Å²) in [6, 6.07) is 22.9. The van der Waals surface area contributed by atoms with Crippen molar-refractivity contribution in [1.29, 1.82) is 5.26 Å². The van der Waals surface area contributed by atoms with Gasteiger partial charge in [-0.3, -0.25) is 9.59 Å². The van der Waals surface area contributed by atoms with Gasteiger partial charge in [0.1, 0.15) is 12.1 Å². The number of nitrogens with two attached hydrogens (primary N) is 1. The van der Waals surface area contributed by atoms with Gasteiger partial charge in [-0.05, 0) is 71.8 Å². The first-order chi connectivity index (χ1) is 16.8. The molecular formula is C29H29N3O3. The molecule has 1 aliphatic heterocycles. The number of esters is 1. The largest absolute Gasteiger partial charge is 0.459 e. The van der Waals surface area contributed by atoms with Crippen molar-refractivity contribution in [2.75, 3.05) is 13.6 Å². The molecule has 0 aliphatic carbocycles. The third-order valence-corrected chi connectivity index (χ3v) is 6.30. The molecule has 4 rings (SSSR count). The summed E-state index contributed by atoms with van der Waals surface area (Å²) in [5, 5.41) is 9.58. The van der Waals surface area contributed by atoms with Gasteiger partial charge in [-0.1, -0.05) is 42.5 Å². The lowest BCUT2D eigenvalue weighted by molar-refractivity contribution is -0.150.